The third kappa shape index (κ3) is 5.40. The lowest BCUT2D eigenvalue weighted by molar-refractivity contribution is -0.120. The average molecular weight is 542 g/mol. The fourth-order valence-corrected chi connectivity index (χ4v) is 4.68. The Hall–Kier alpha value is -5.05. The molecule has 2 amide bonds. The summed E-state index contributed by atoms with van der Waals surface area (Å²) in [6, 6.07) is 16.3. The third-order valence-corrected chi connectivity index (χ3v) is 6.61. The lowest BCUT2D eigenvalue weighted by atomic mass is 9.97. The number of aliphatic hydroxyl groups excluding tert-OH is 1. The summed E-state index contributed by atoms with van der Waals surface area (Å²) in [5, 5.41) is 35.9. The van der Waals surface area contributed by atoms with Crippen molar-refractivity contribution >= 4 is 23.3 Å². The molecule has 11 heteroatoms. The number of pyridine rings is 1. The quantitative estimate of drug-likeness (QED) is 0.286. The van der Waals surface area contributed by atoms with Gasteiger partial charge in [-0.15, -0.1) is 0 Å². The fraction of sp³-hybridized carbons (Fsp3) is 0.172. The van der Waals surface area contributed by atoms with Crippen molar-refractivity contribution < 1.29 is 28.6 Å². The first-order chi connectivity index (χ1) is 19.2. The number of anilines is 2. The molecular formula is C29H24FN5O5. The number of likely N-dealkylation sites (tertiary alicyclic amines) is 1. The van der Waals surface area contributed by atoms with Crippen molar-refractivity contribution in [2.45, 2.75) is 18.6 Å². The second kappa shape index (κ2) is 11.0. The number of amides is 2. The van der Waals surface area contributed by atoms with Crippen molar-refractivity contribution in [3.8, 4) is 34.2 Å². The molecule has 0 spiro atoms. The van der Waals surface area contributed by atoms with Gasteiger partial charge in [-0.2, -0.15) is 5.26 Å². The van der Waals surface area contributed by atoms with Gasteiger partial charge in [-0.25, -0.2) is 9.37 Å². The summed E-state index contributed by atoms with van der Waals surface area (Å²) in [5.41, 5.74) is 1.66. The van der Waals surface area contributed by atoms with Crippen molar-refractivity contribution in [2.75, 3.05) is 24.2 Å². The lowest BCUT2D eigenvalue weighted by Gasteiger charge is -2.19. The van der Waals surface area contributed by atoms with E-state index in [4.69, 9.17) is 4.42 Å². The van der Waals surface area contributed by atoms with E-state index in [0.29, 0.717) is 29.8 Å². The number of benzene rings is 2. The Balaban J connectivity index is 1.57. The first kappa shape index (κ1) is 26.6. The first-order valence-electron chi connectivity index (χ1n) is 12.3. The number of nitrogens with one attached hydrogen (secondary N) is 2. The zero-order chi connectivity index (χ0) is 28.4. The van der Waals surface area contributed by atoms with Crippen molar-refractivity contribution in [1.29, 1.82) is 5.26 Å². The minimum absolute atomic E-state index is 0.00557. The fourth-order valence-electron chi connectivity index (χ4n) is 4.68. The maximum atomic E-state index is 13.7. The Morgan fingerprint density at radius 3 is 2.62 bits per heavy atom. The van der Waals surface area contributed by atoms with Crippen LogP contribution in [0.15, 0.2) is 71.3 Å². The number of nitrogens with zero attached hydrogens (tertiary/aromatic N) is 3. The molecule has 1 fully saturated rings. The van der Waals surface area contributed by atoms with Crippen LogP contribution in [0.2, 0.25) is 0 Å². The van der Waals surface area contributed by atoms with Gasteiger partial charge in [0.2, 0.25) is 5.91 Å². The van der Waals surface area contributed by atoms with Gasteiger partial charge in [0.05, 0.1) is 24.1 Å². The van der Waals surface area contributed by atoms with Crippen molar-refractivity contribution in [2.24, 2.45) is 0 Å². The summed E-state index contributed by atoms with van der Waals surface area (Å²) in [6.07, 6.45) is 1.06. The van der Waals surface area contributed by atoms with Crippen LogP contribution in [0.5, 0.6) is 5.75 Å². The topological polar surface area (TPSA) is 152 Å². The molecule has 1 saturated heterocycles. The molecule has 10 nitrogen and oxygen atoms in total. The highest BCUT2D eigenvalue weighted by atomic mass is 19.1. The summed E-state index contributed by atoms with van der Waals surface area (Å²) in [6.45, 7) is 0.395. The monoisotopic (exact) mass is 541 g/mol. The van der Waals surface area contributed by atoms with E-state index in [0.717, 1.165) is 12.1 Å². The molecule has 40 heavy (non-hydrogen) atoms. The maximum Gasteiger partial charge on any atom is 0.292 e. The number of nitriles is 1. The van der Waals surface area contributed by atoms with E-state index < -0.39 is 23.9 Å². The number of aliphatic hydroxyl groups is 1. The number of phenols is 1. The average Bonchev–Trinajstić information content (AvgIpc) is 3.58. The molecule has 4 aromatic rings. The predicted molar refractivity (Wildman–Crippen MR) is 144 cm³/mol. The molecule has 0 unspecified atom stereocenters. The summed E-state index contributed by atoms with van der Waals surface area (Å²) >= 11 is 0. The van der Waals surface area contributed by atoms with Gasteiger partial charge in [-0.1, -0.05) is 12.1 Å². The predicted octanol–water partition coefficient (Wildman–Crippen LogP) is 3.98. The Labute approximate surface area is 228 Å². The van der Waals surface area contributed by atoms with Gasteiger partial charge in [0.25, 0.3) is 5.91 Å². The molecule has 5 rings (SSSR count). The van der Waals surface area contributed by atoms with Crippen molar-refractivity contribution in [3.05, 3.63) is 84.1 Å². The van der Waals surface area contributed by atoms with Crippen LogP contribution in [0.3, 0.4) is 0 Å². The summed E-state index contributed by atoms with van der Waals surface area (Å²) in [5.74, 6) is -2.06. The molecular weight excluding hydrogens is 517 g/mol. The van der Waals surface area contributed by atoms with Gasteiger partial charge in [0, 0.05) is 29.4 Å². The number of likely N-dealkylation sites (N-methyl/N-ethyl adjacent to an activating group) is 1. The molecule has 1 aliphatic rings. The second-order valence-corrected chi connectivity index (χ2v) is 9.40. The number of halogens is 1. The van der Waals surface area contributed by atoms with E-state index in [1.54, 1.807) is 36.2 Å². The number of hydrogen-bond acceptors (Lipinski definition) is 8. The van der Waals surface area contributed by atoms with E-state index in [1.807, 2.05) is 0 Å². The number of aromatic hydroxyl groups is 1. The van der Waals surface area contributed by atoms with Gasteiger partial charge in [-0.05, 0) is 61.5 Å². The SMILES string of the molecule is CN1C[C@H](O)C[C@H]1C(=O)Nc1cccc(-c2cc(-c3ccc(F)cc3O)nc(NC(=O)c3ccco3)c2C#N)c1. The first-order valence-corrected chi connectivity index (χ1v) is 12.3. The minimum Gasteiger partial charge on any atom is -0.507 e. The zero-order valence-electron chi connectivity index (χ0n) is 21.3. The minimum atomic E-state index is -0.649. The zero-order valence-corrected chi connectivity index (χ0v) is 21.3. The number of aromatic nitrogens is 1. The van der Waals surface area contributed by atoms with E-state index >= 15 is 0 Å². The highest BCUT2D eigenvalue weighted by molar-refractivity contribution is 6.03. The molecule has 2 atom stereocenters. The Morgan fingerprint density at radius 2 is 1.95 bits per heavy atom. The second-order valence-electron chi connectivity index (χ2n) is 9.40. The molecule has 0 bridgehead atoms. The van der Waals surface area contributed by atoms with Gasteiger partial charge in [0.1, 0.15) is 23.2 Å². The van der Waals surface area contributed by atoms with Gasteiger partial charge >= 0.3 is 0 Å². The third-order valence-electron chi connectivity index (χ3n) is 6.61. The van der Waals surface area contributed by atoms with Crippen LogP contribution in [0, 0.1) is 17.1 Å². The number of rotatable bonds is 6. The summed E-state index contributed by atoms with van der Waals surface area (Å²) in [4.78, 5) is 31.8. The molecule has 202 valence electrons. The van der Waals surface area contributed by atoms with Crippen molar-refractivity contribution in [3.63, 3.8) is 0 Å². The molecule has 2 aromatic carbocycles. The largest absolute Gasteiger partial charge is 0.507 e. The van der Waals surface area contributed by atoms with Crippen molar-refractivity contribution in [1.82, 2.24) is 9.88 Å². The summed E-state index contributed by atoms with van der Waals surface area (Å²) < 4.78 is 18.8. The molecule has 0 radical (unpaired) electrons. The standard InChI is InChI=1S/C29H24FN5O5/c1-35-15-19(36)12-24(35)28(38)32-18-5-2-4-16(10-18)21-13-23(20-8-7-17(30)11-25(20)37)33-27(22(21)14-31)34-29(39)26-6-3-9-40-26/h2-11,13,19,24,36-37H,12,15H2,1H3,(H,32,38)(H,33,34,39)/t19-,24+/m1/s1. The van der Waals surface area contributed by atoms with Gasteiger partial charge < -0.3 is 25.3 Å². The van der Waals surface area contributed by atoms with Crippen LogP contribution >= 0.6 is 0 Å². The lowest BCUT2D eigenvalue weighted by Crippen LogP contribution is -2.37. The molecule has 4 N–H and O–H groups in total. The Morgan fingerprint density at radius 1 is 1.12 bits per heavy atom. The van der Waals surface area contributed by atoms with E-state index in [2.05, 4.69) is 21.7 Å². The van der Waals surface area contributed by atoms with Gasteiger partial charge in [0.15, 0.2) is 11.6 Å². The number of β-amino-alcohol motifs (C(OH)–C–C–N with tert-alkyl or cyclic N) is 1. The van der Waals surface area contributed by atoms with Crippen LogP contribution in [0.1, 0.15) is 22.5 Å². The molecule has 2 aromatic heterocycles. The highest BCUT2D eigenvalue weighted by Gasteiger charge is 2.33. The maximum absolute atomic E-state index is 13.7. The van der Waals surface area contributed by atoms with E-state index in [9.17, 15) is 29.5 Å². The van der Waals surface area contributed by atoms with Crippen LogP contribution < -0.4 is 10.6 Å². The van der Waals surface area contributed by atoms with Crippen LogP contribution in [0.25, 0.3) is 22.4 Å². The highest BCUT2D eigenvalue weighted by Crippen LogP contribution is 2.36. The Kier molecular flexibility index (Phi) is 7.29. The number of carbonyl (C=O) groups excluding carboxylic acids is 2. The number of furan rings is 1. The number of carbonyl (C=O) groups is 2. The van der Waals surface area contributed by atoms with Crippen LogP contribution in [-0.4, -0.2) is 57.6 Å². The van der Waals surface area contributed by atoms with E-state index in [-0.39, 0.29) is 40.1 Å². The Bertz CT molecular complexity index is 1630. The molecule has 0 saturated carbocycles. The van der Waals surface area contributed by atoms with Crippen LogP contribution in [0.4, 0.5) is 15.9 Å². The smallest absolute Gasteiger partial charge is 0.292 e. The van der Waals surface area contributed by atoms with Crippen LogP contribution in [-0.2, 0) is 4.79 Å². The van der Waals surface area contributed by atoms with E-state index in [1.165, 1.54) is 30.5 Å². The number of phenolic OH excluding ortho intramolecular Hbond substituents is 1. The number of hydrogen-bond donors (Lipinski definition) is 4. The summed E-state index contributed by atoms with van der Waals surface area (Å²) in [7, 11) is 1.76. The molecule has 0 aliphatic carbocycles. The van der Waals surface area contributed by atoms with Gasteiger partial charge in [-0.3, -0.25) is 14.5 Å². The normalized spacial score (nSPS) is 16.9. The molecule has 3 heterocycles. The molecule has 1 aliphatic heterocycles.